The second-order valence-corrected chi connectivity index (χ2v) is 10.7. The normalized spacial score (nSPS) is 60.1. The van der Waals surface area contributed by atoms with Crippen LogP contribution in [0.15, 0.2) is 0 Å². The molecule has 6 aliphatic rings. The Labute approximate surface area is 171 Å². The van der Waals surface area contributed by atoms with Gasteiger partial charge in [0.2, 0.25) is 11.9 Å². The highest BCUT2D eigenvalue weighted by molar-refractivity contribution is 5.94. The van der Waals surface area contributed by atoms with Gasteiger partial charge in [0.15, 0.2) is 17.8 Å². The van der Waals surface area contributed by atoms with Crippen LogP contribution < -0.4 is 0 Å². The average molecular weight is 424 g/mol. The fourth-order valence-corrected chi connectivity index (χ4v) is 8.12. The molecule has 4 aliphatic heterocycles. The van der Waals surface area contributed by atoms with Gasteiger partial charge in [0.1, 0.15) is 12.2 Å². The summed E-state index contributed by atoms with van der Waals surface area (Å²) >= 11 is 0. The van der Waals surface area contributed by atoms with Crippen molar-refractivity contribution in [2.24, 2.45) is 28.1 Å². The van der Waals surface area contributed by atoms with E-state index in [0.29, 0.717) is 0 Å². The summed E-state index contributed by atoms with van der Waals surface area (Å²) in [4.78, 5) is 38.2. The Balaban J connectivity index is 1.72. The van der Waals surface area contributed by atoms with Gasteiger partial charge >= 0.3 is 17.9 Å². The highest BCUT2D eigenvalue weighted by Crippen LogP contribution is 2.84. The third kappa shape index (κ3) is 1.33. The van der Waals surface area contributed by atoms with Crippen LogP contribution >= 0.6 is 0 Å². The van der Waals surface area contributed by atoms with Crippen LogP contribution in [0.3, 0.4) is 0 Å². The van der Waals surface area contributed by atoms with Gasteiger partial charge in [-0.05, 0) is 24.7 Å². The van der Waals surface area contributed by atoms with Crippen LogP contribution in [0, 0.1) is 28.1 Å². The standard InChI is InChI=1S/C20H24O10/c1-6-12(23)28-11-9(21)18-8-5-7(16(2,3)4)17(18)10(22)13(24)29-15(17)30-20(18,14(25)27-8)19(6,11)26/h6-11,15,21-22,26H,5H2,1-4H3/t6-,7+,8-,9+,10+,11+,15-,17+,18-,19-,20-/m1/s1. The first-order valence-corrected chi connectivity index (χ1v) is 10.2. The number of carbonyl (C=O) groups is 3. The van der Waals surface area contributed by atoms with Crippen LogP contribution in [0.25, 0.3) is 0 Å². The predicted octanol–water partition coefficient (Wildman–Crippen LogP) is -1.37. The van der Waals surface area contributed by atoms with Crippen LogP contribution in [0.5, 0.6) is 0 Å². The zero-order chi connectivity index (χ0) is 21.8. The molecule has 10 nitrogen and oxygen atoms in total. The molecule has 4 saturated heterocycles. The van der Waals surface area contributed by atoms with E-state index in [2.05, 4.69) is 0 Å². The van der Waals surface area contributed by atoms with E-state index in [9.17, 15) is 29.7 Å². The minimum atomic E-state index is -2.24. The van der Waals surface area contributed by atoms with Gasteiger partial charge in [0.25, 0.3) is 0 Å². The van der Waals surface area contributed by atoms with Gasteiger partial charge in [-0.3, -0.25) is 4.79 Å². The fraction of sp³-hybridized carbons (Fsp3) is 0.850. The summed E-state index contributed by atoms with van der Waals surface area (Å²) < 4.78 is 22.5. The van der Waals surface area contributed by atoms with Crippen LogP contribution in [0.1, 0.15) is 34.1 Å². The molecule has 6 fully saturated rings. The molecule has 0 unspecified atom stereocenters. The molecule has 0 aromatic carbocycles. The maximum absolute atomic E-state index is 13.4. The monoisotopic (exact) mass is 424 g/mol. The molecular weight excluding hydrogens is 400 g/mol. The van der Waals surface area contributed by atoms with Gasteiger partial charge in [-0.1, -0.05) is 20.8 Å². The topological polar surface area (TPSA) is 149 Å². The summed E-state index contributed by atoms with van der Waals surface area (Å²) in [5, 5.41) is 34.7. The van der Waals surface area contributed by atoms with Gasteiger partial charge in [0, 0.05) is 0 Å². The molecule has 0 aromatic heterocycles. The maximum Gasteiger partial charge on any atom is 0.343 e. The van der Waals surface area contributed by atoms with Gasteiger partial charge in [-0.25, -0.2) is 9.59 Å². The number of hydrogen-bond acceptors (Lipinski definition) is 10. The molecule has 6 rings (SSSR count). The Bertz CT molecular complexity index is 925. The summed E-state index contributed by atoms with van der Waals surface area (Å²) in [6.45, 7) is 7.14. The third-order valence-corrected chi connectivity index (χ3v) is 9.00. The molecule has 0 radical (unpaired) electrons. The van der Waals surface area contributed by atoms with Crippen molar-refractivity contribution in [2.75, 3.05) is 0 Å². The molecule has 0 bridgehead atoms. The summed E-state index contributed by atoms with van der Waals surface area (Å²) in [5.41, 5.74) is -8.26. The van der Waals surface area contributed by atoms with E-state index in [1.807, 2.05) is 20.8 Å². The lowest BCUT2D eigenvalue weighted by Crippen LogP contribution is -2.67. The van der Waals surface area contributed by atoms with Crippen LogP contribution in [0.4, 0.5) is 0 Å². The molecule has 30 heavy (non-hydrogen) atoms. The molecule has 3 N–H and O–H groups in total. The molecular formula is C20H24O10. The molecule has 164 valence electrons. The Morgan fingerprint density at radius 2 is 1.70 bits per heavy atom. The Morgan fingerprint density at radius 1 is 1.03 bits per heavy atom. The molecule has 2 spiro atoms. The summed E-state index contributed by atoms with van der Waals surface area (Å²) in [6.07, 6.45) is -6.91. The smallest absolute Gasteiger partial charge is 0.343 e. The van der Waals surface area contributed by atoms with Crippen molar-refractivity contribution in [3.63, 3.8) is 0 Å². The minimum Gasteiger partial charge on any atom is -0.459 e. The summed E-state index contributed by atoms with van der Waals surface area (Å²) in [6, 6.07) is 0. The van der Waals surface area contributed by atoms with Crippen molar-refractivity contribution in [1.82, 2.24) is 0 Å². The third-order valence-electron chi connectivity index (χ3n) is 9.00. The Kier molecular flexibility index (Phi) is 2.97. The predicted molar refractivity (Wildman–Crippen MR) is 92.0 cm³/mol. The van der Waals surface area contributed by atoms with E-state index in [4.69, 9.17) is 18.9 Å². The average Bonchev–Trinajstić information content (AvgIpc) is 3.35. The van der Waals surface area contributed by atoms with Crippen LogP contribution in [-0.2, 0) is 33.3 Å². The van der Waals surface area contributed by atoms with Gasteiger partial charge in [-0.15, -0.1) is 0 Å². The van der Waals surface area contributed by atoms with Gasteiger partial charge in [0.05, 0.1) is 16.7 Å². The van der Waals surface area contributed by atoms with Crippen molar-refractivity contribution in [3.8, 4) is 0 Å². The van der Waals surface area contributed by atoms with E-state index in [0.717, 1.165) is 0 Å². The lowest BCUT2D eigenvalue weighted by Gasteiger charge is -2.47. The fourth-order valence-electron chi connectivity index (χ4n) is 8.12. The molecule has 10 heteroatoms. The lowest BCUT2D eigenvalue weighted by atomic mass is 9.51. The number of carbonyl (C=O) groups excluding carboxylic acids is 3. The zero-order valence-electron chi connectivity index (χ0n) is 16.9. The highest BCUT2D eigenvalue weighted by Gasteiger charge is 3.03. The largest absolute Gasteiger partial charge is 0.459 e. The first-order chi connectivity index (χ1) is 13.8. The number of hydrogen-bond donors (Lipinski definition) is 3. The second kappa shape index (κ2) is 4.69. The number of esters is 3. The Morgan fingerprint density at radius 3 is 2.33 bits per heavy atom. The van der Waals surface area contributed by atoms with Crippen molar-refractivity contribution in [2.45, 2.75) is 76.0 Å². The zero-order valence-corrected chi connectivity index (χ0v) is 16.9. The molecule has 2 saturated carbocycles. The quantitative estimate of drug-likeness (QED) is 0.314. The minimum absolute atomic E-state index is 0.229. The van der Waals surface area contributed by atoms with Gasteiger partial charge in [-0.2, -0.15) is 0 Å². The lowest BCUT2D eigenvalue weighted by molar-refractivity contribution is -0.239. The number of fused-ring (bicyclic) bond motifs is 1. The molecule has 0 aromatic rings. The first-order valence-electron chi connectivity index (χ1n) is 10.2. The molecule has 0 amide bonds. The van der Waals surface area contributed by atoms with E-state index in [-0.39, 0.29) is 6.42 Å². The number of ether oxygens (including phenoxy) is 4. The number of rotatable bonds is 0. The van der Waals surface area contributed by atoms with E-state index < -0.39 is 87.9 Å². The molecule has 2 aliphatic carbocycles. The van der Waals surface area contributed by atoms with Crippen molar-refractivity contribution in [1.29, 1.82) is 0 Å². The summed E-state index contributed by atoms with van der Waals surface area (Å²) in [5.74, 6) is -4.32. The SMILES string of the molecule is C[C@@H]1C(=O)O[C@H]2[C@H](O)[C@]34[C@H]5C[C@@H](C(C)(C)C)[C@]36[C@H](OC(=O)[C@@H]6O)O[C@@]4(C(=O)O5)[C@@]12O. The van der Waals surface area contributed by atoms with Crippen molar-refractivity contribution < 1.29 is 48.7 Å². The van der Waals surface area contributed by atoms with Crippen molar-refractivity contribution in [3.05, 3.63) is 0 Å². The van der Waals surface area contributed by atoms with E-state index in [1.165, 1.54) is 6.92 Å². The number of aliphatic hydroxyl groups excluding tert-OH is 2. The number of aliphatic hydroxyl groups is 3. The van der Waals surface area contributed by atoms with E-state index >= 15 is 0 Å². The highest BCUT2D eigenvalue weighted by atomic mass is 16.8. The maximum atomic E-state index is 13.4. The van der Waals surface area contributed by atoms with Gasteiger partial charge < -0.3 is 34.3 Å². The van der Waals surface area contributed by atoms with Crippen LogP contribution in [-0.4, -0.2) is 75.1 Å². The molecule has 11 atom stereocenters. The molecule has 4 heterocycles. The summed E-state index contributed by atoms with van der Waals surface area (Å²) in [7, 11) is 0. The second-order valence-electron chi connectivity index (χ2n) is 10.7. The van der Waals surface area contributed by atoms with Crippen LogP contribution in [0.2, 0.25) is 0 Å². The van der Waals surface area contributed by atoms with E-state index in [1.54, 1.807) is 0 Å². The Hall–Kier alpha value is -1.75. The first kappa shape index (κ1) is 19.0. The van der Waals surface area contributed by atoms with Crippen molar-refractivity contribution >= 4 is 17.9 Å².